The predicted molar refractivity (Wildman–Crippen MR) is 106 cm³/mol. The monoisotopic (exact) mass is 406 g/mol. The highest BCUT2D eigenvalue weighted by Crippen LogP contribution is 2.23. The number of halogens is 2. The molecule has 2 aromatic carbocycles. The third kappa shape index (κ3) is 5.22. The molecule has 0 radical (unpaired) electrons. The van der Waals surface area contributed by atoms with Gasteiger partial charge in [0.15, 0.2) is 0 Å². The van der Waals surface area contributed by atoms with Gasteiger partial charge in [0.2, 0.25) is 0 Å². The highest BCUT2D eigenvalue weighted by Gasteiger charge is 2.24. The molecule has 0 aromatic heterocycles. The van der Waals surface area contributed by atoms with E-state index in [4.69, 9.17) is 16.3 Å². The van der Waals surface area contributed by atoms with Crippen LogP contribution >= 0.6 is 11.6 Å². The number of ether oxygens (including phenoxy) is 1. The zero-order chi connectivity index (χ0) is 20.1. The number of para-hydroxylation sites is 1. The van der Waals surface area contributed by atoms with E-state index in [9.17, 15) is 14.3 Å². The summed E-state index contributed by atoms with van der Waals surface area (Å²) >= 11 is 6.04. The zero-order valence-corrected chi connectivity index (χ0v) is 16.5. The summed E-state index contributed by atoms with van der Waals surface area (Å²) in [7, 11) is 0. The number of β-amino-alcohol motifs (C(OH)–C–C–N with tert-alkyl or cyclic N) is 1. The van der Waals surface area contributed by atoms with Crippen molar-refractivity contribution in [1.29, 1.82) is 0 Å². The number of nitrogens with zero attached hydrogens (tertiary/aromatic N) is 2. The first-order valence-corrected chi connectivity index (χ1v) is 9.65. The molecule has 1 saturated heterocycles. The molecule has 1 unspecified atom stereocenters. The summed E-state index contributed by atoms with van der Waals surface area (Å²) in [5.41, 5.74) is 0.888. The van der Waals surface area contributed by atoms with E-state index in [-0.39, 0.29) is 18.3 Å². The van der Waals surface area contributed by atoms with E-state index in [1.54, 1.807) is 36.1 Å². The zero-order valence-electron chi connectivity index (χ0n) is 15.8. The van der Waals surface area contributed by atoms with Gasteiger partial charge in [-0.05, 0) is 36.8 Å². The van der Waals surface area contributed by atoms with Gasteiger partial charge >= 0.3 is 0 Å². The van der Waals surface area contributed by atoms with E-state index >= 15 is 0 Å². The molecule has 3 rings (SSSR count). The highest BCUT2D eigenvalue weighted by molar-refractivity contribution is 6.32. The van der Waals surface area contributed by atoms with Gasteiger partial charge in [-0.2, -0.15) is 0 Å². The first kappa shape index (κ1) is 20.6. The van der Waals surface area contributed by atoms with Gasteiger partial charge < -0.3 is 14.7 Å². The lowest BCUT2D eigenvalue weighted by Gasteiger charge is -2.35. The molecular formula is C21H24ClFN2O3. The third-order valence-electron chi connectivity index (χ3n) is 4.82. The summed E-state index contributed by atoms with van der Waals surface area (Å²) in [6.07, 6.45) is -0.662. The van der Waals surface area contributed by atoms with Gasteiger partial charge in [-0.25, -0.2) is 4.39 Å². The van der Waals surface area contributed by atoms with Crippen LogP contribution in [0.1, 0.15) is 15.9 Å². The molecule has 28 heavy (non-hydrogen) atoms. The Labute approximate surface area is 169 Å². The Hall–Kier alpha value is -2.15. The summed E-state index contributed by atoms with van der Waals surface area (Å²) in [6.45, 7) is 4.62. The minimum absolute atomic E-state index is 0.144. The Morgan fingerprint density at radius 3 is 2.61 bits per heavy atom. The lowest BCUT2D eigenvalue weighted by Crippen LogP contribution is -2.51. The van der Waals surface area contributed by atoms with Crippen LogP contribution in [-0.4, -0.2) is 66.2 Å². The van der Waals surface area contributed by atoms with E-state index in [1.807, 2.05) is 12.1 Å². The lowest BCUT2D eigenvalue weighted by atomic mass is 10.1. The quantitative estimate of drug-likeness (QED) is 0.801. The summed E-state index contributed by atoms with van der Waals surface area (Å²) < 4.78 is 19.3. The Morgan fingerprint density at radius 2 is 1.93 bits per heavy atom. The highest BCUT2D eigenvalue weighted by atomic mass is 35.5. The number of aliphatic hydroxyl groups is 1. The predicted octanol–water partition coefficient (Wildman–Crippen LogP) is 2.99. The van der Waals surface area contributed by atoms with Crippen molar-refractivity contribution >= 4 is 17.5 Å². The number of hydrogen-bond donors (Lipinski definition) is 1. The van der Waals surface area contributed by atoms with Crippen LogP contribution in [0.3, 0.4) is 0 Å². The van der Waals surface area contributed by atoms with Gasteiger partial charge in [-0.1, -0.05) is 29.8 Å². The fourth-order valence-electron chi connectivity index (χ4n) is 3.14. The summed E-state index contributed by atoms with van der Waals surface area (Å²) in [5.74, 6) is 0.0104. The number of piperazine rings is 1. The lowest BCUT2D eigenvalue weighted by molar-refractivity contribution is 0.0403. The number of amides is 1. The first-order valence-electron chi connectivity index (χ1n) is 9.27. The van der Waals surface area contributed by atoms with Crippen molar-refractivity contribution in [3.63, 3.8) is 0 Å². The van der Waals surface area contributed by atoms with Gasteiger partial charge in [0.05, 0.1) is 5.02 Å². The molecule has 2 aromatic rings. The first-order chi connectivity index (χ1) is 13.4. The van der Waals surface area contributed by atoms with E-state index < -0.39 is 6.10 Å². The third-order valence-corrected chi connectivity index (χ3v) is 5.13. The number of aliphatic hydroxyl groups excluding tert-OH is 1. The Kier molecular flexibility index (Phi) is 6.88. The number of benzene rings is 2. The van der Waals surface area contributed by atoms with Crippen molar-refractivity contribution < 1.29 is 19.0 Å². The molecule has 5 nitrogen and oxygen atoms in total. The van der Waals surface area contributed by atoms with Crippen LogP contribution in [-0.2, 0) is 0 Å². The van der Waals surface area contributed by atoms with Crippen molar-refractivity contribution in [1.82, 2.24) is 9.80 Å². The molecule has 0 bridgehead atoms. The summed E-state index contributed by atoms with van der Waals surface area (Å²) in [4.78, 5) is 16.3. The summed E-state index contributed by atoms with van der Waals surface area (Å²) in [6, 6.07) is 11.7. The largest absolute Gasteiger partial charge is 0.489 e. The number of carbonyl (C=O) groups is 1. The molecular weight excluding hydrogens is 383 g/mol. The maximum absolute atomic E-state index is 13.7. The standard InChI is InChI=1S/C21H24ClFN2O3/c1-15-6-7-16(12-19(15)23)21(27)25-10-8-24(9-11-25)13-17(26)14-28-20-5-3-2-4-18(20)22/h2-7,12,17,26H,8-11,13-14H2,1H3. The second-order valence-corrected chi connectivity index (χ2v) is 7.36. The Bertz CT molecular complexity index is 825. The minimum atomic E-state index is -0.662. The molecule has 150 valence electrons. The second-order valence-electron chi connectivity index (χ2n) is 6.95. The molecule has 1 aliphatic heterocycles. The van der Waals surface area contributed by atoms with Crippen molar-refractivity contribution in [2.45, 2.75) is 13.0 Å². The molecule has 7 heteroatoms. The molecule has 0 aliphatic carbocycles. The Morgan fingerprint density at radius 1 is 1.21 bits per heavy atom. The van der Waals surface area contributed by atoms with E-state index in [0.717, 1.165) is 0 Å². The van der Waals surface area contributed by atoms with Gasteiger partial charge in [0, 0.05) is 38.3 Å². The molecule has 1 heterocycles. The average molecular weight is 407 g/mol. The molecule has 1 aliphatic rings. The van der Waals surface area contributed by atoms with Crippen LogP contribution in [0.5, 0.6) is 5.75 Å². The fourth-order valence-corrected chi connectivity index (χ4v) is 3.33. The van der Waals surface area contributed by atoms with Gasteiger partial charge in [0.25, 0.3) is 5.91 Å². The minimum Gasteiger partial charge on any atom is -0.489 e. The molecule has 1 atom stereocenters. The van der Waals surface area contributed by atoms with E-state index in [2.05, 4.69) is 4.90 Å². The molecule has 1 amide bonds. The van der Waals surface area contributed by atoms with Crippen LogP contribution in [0.15, 0.2) is 42.5 Å². The van der Waals surface area contributed by atoms with Gasteiger partial charge in [-0.15, -0.1) is 0 Å². The average Bonchev–Trinajstić information content (AvgIpc) is 2.69. The van der Waals surface area contributed by atoms with E-state index in [0.29, 0.717) is 54.6 Å². The molecule has 1 fully saturated rings. The van der Waals surface area contributed by atoms with Crippen molar-refractivity contribution in [2.75, 3.05) is 39.3 Å². The molecule has 0 saturated carbocycles. The number of carbonyl (C=O) groups excluding carboxylic acids is 1. The van der Waals surface area contributed by atoms with E-state index in [1.165, 1.54) is 6.07 Å². The second kappa shape index (κ2) is 9.37. The molecule has 1 N–H and O–H groups in total. The van der Waals surface area contributed by atoms with Crippen molar-refractivity contribution in [2.24, 2.45) is 0 Å². The molecule has 0 spiro atoms. The summed E-state index contributed by atoms with van der Waals surface area (Å²) in [5, 5.41) is 10.7. The fraction of sp³-hybridized carbons (Fsp3) is 0.381. The number of hydrogen-bond acceptors (Lipinski definition) is 4. The van der Waals surface area contributed by atoms with Crippen molar-refractivity contribution in [3.05, 3.63) is 64.4 Å². The number of aryl methyl sites for hydroxylation is 1. The van der Waals surface area contributed by atoms with Crippen LogP contribution in [0.2, 0.25) is 5.02 Å². The topological polar surface area (TPSA) is 53.0 Å². The Balaban J connectivity index is 1.45. The maximum atomic E-state index is 13.7. The number of rotatable bonds is 6. The SMILES string of the molecule is Cc1ccc(C(=O)N2CCN(CC(O)COc3ccccc3Cl)CC2)cc1F. The van der Waals surface area contributed by atoms with Gasteiger partial charge in [0.1, 0.15) is 24.3 Å². The normalized spacial score (nSPS) is 16.1. The van der Waals surface area contributed by atoms with Crippen molar-refractivity contribution in [3.8, 4) is 5.75 Å². The smallest absolute Gasteiger partial charge is 0.254 e. The maximum Gasteiger partial charge on any atom is 0.254 e. The van der Waals surface area contributed by atoms with Crippen LogP contribution in [0, 0.1) is 12.7 Å². The van der Waals surface area contributed by atoms with Gasteiger partial charge in [-0.3, -0.25) is 9.69 Å². The van der Waals surface area contributed by atoms with Crippen LogP contribution in [0.4, 0.5) is 4.39 Å². The van der Waals surface area contributed by atoms with Crippen LogP contribution in [0.25, 0.3) is 0 Å². The van der Waals surface area contributed by atoms with Crippen LogP contribution < -0.4 is 4.74 Å².